The molecule has 46 heavy (non-hydrogen) atoms. The average molecular weight is 685 g/mol. The molecule has 0 spiro atoms. The van der Waals surface area contributed by atoms with Crippen molar-refractivity contribution in [3.63, 3.8) is 0 Å². The summed E-state index contributed by atoms with van der Waals surface area (Å²) in [5.74, 6) is -2.43. The summed E-state index contributed by atoms with van der Waals surface area (Å²) in [6, 6.07) is 0. The Morgan fingerprint density at radius 3 is 1.54 bits per heavy atom. The highest BCUT2D eigenvalue weighted by atomic mass is 16.8. The minimum atomic E-state index is -2.43. The molecule has 0 bridgehead atoms. The van der Waals surface area contributed by atoms with Gasteiger partial charge in [0.2, 0.25) is 5.79 Å². The van der Waals surface area contributed by atoms with Crippen LogP contribution in [0.25, 0.3) is 0 Å². The zero-order valence-electron chi connectivity index (χ0n) is 24.0. The Hall–Kier alpha value is -1.17. The van der Waals surface area contributed by atoms with Crippen molar-refractivity contribution in [2.24, 2.45) is 0 Å². The number of hydrogen-bond donors (Lipinski definition) is 16. The predicted octanol–water partition coefficient (Wildman–Crippen LogP) is -11.0. The molecule has 0 saturated carbocycles. The van der Waals surface area contributed by atoms with Crippen molar-refractivity contribution in [1.29, 1.82) is 0 Å². The second kappa shape index (κ2) is 18.0. The minimum Gasteiger partial charge on any atom is -0.394 e. The van der Waals surface area contributed by atoms with Crippen LogP contribution in [0.4, 0.5) is 0 Å². The number of aldehydes is 1. The van der Waals surface area contributed by atoms with E-state index in [1.807, 2.05) is 0 Å². The summed E-state index contributed by atoms with van der Waals surface area (Å²) in [5.41, 5.74) is 0. The third-order valence-electron chi connectivity index (χ3n) is 7.59. The maximum absolute atomic E-state index is 10.6. The molecule has 0 aromatic carbocycles. The van der Waals surface area contributed by atoms with E-state index in [1.54, 1.807) is 0 Å². The zero-order valence-corrected chi connectivity index (χ0v) is 24.0. The molecule has 3 aliphatic rings. The van der Waals surface area contributed by atoms with Crippen molar-refractivity contribution in [1.82, 2.24) is 0 Å². The second-order valence-corrected chi connectivity index (χ2v) is 10.7. The Morgan fingerprint density at radius 2 is 1.11 bits per heavy atom. The minimum absolute atomic E-state index is 0.0258. The molecular formula is C24H44O22. The first-order valence-corrected chi connectivity index (χ1v) is 13.9. The van der Waals surface area contributed by atoms with E-state index in [0.29, 0.717) is 0 Å². The molecule has 0 aromatic rings. The Balaban J connectivity index is 0.000000521. The lowest BCUT2D eigenvalue weighted by Gasteiger charge is -2.45. The fourth-order valence-electron chi connectivity index (χ4n) is 4.74. The van der Waals surface area contributed by atoms with Crippen molar-refractivity contribution in [2.45, 2.75) is 110 Å². The van der Waals surface area contributed by atoms with Crippen LogP contribution in [0.3, 0.4) is 0 Å². The summed E-state index contributed by atoms with van der Waals surface area (Å²) in [6.45, 7) is -4.25. The van der Waals surface area contributed by atoms with E-state index in [9.17, 15) is 61.0 Å². The van der Waals surface area contributed by atoms with Gasteiger partial charge in [-0.15, -0.1) is 0 Å². The molecule has 3 aliphatic heterocycles. The van der Waals surface area contributed by atoms with Crippen LogP contribution < -0.4 is 0 Å². The smallest absolute Gasteiger partial charge is 0.224 e. The summed E-state index contributed by atoms with van der Waals surface area (Å²) in [4.78, 5) is 9.90. The van der Waals surface area contributed by atoms with Gasteiger partial charge >= 0.3 is 0 Å². The van der Waals surface area contributed by atoms with E-state index in [0.717, 1.165) is 0 Å². The summed E-state index contributed by atoms with van der Waals surface area (Å²) in [6.07, 6.45) is -29.2. The number of hydrogen-bond acceptors (Lipinski definition) is 22. The van der Waals surface area contributed by atoms with E-state index in [1.165, 1.54) is 0 Å². The van der Waals surface area contributed by atoms with Crippen molar-refractivity contribution < 1.29 is 110 Å². The number of aliphatic hydroxyl groups is 16. The van der Waals surface area contributed by atoms with Crippen LogP contribution in [0.2, 0.25) is 0 Å². The monoisotopic (exact) mass is 684 g/mol. The van der Waals surface area contributed by atoms with Crippen LogP contribution in [0, 0.1) is 0 Å². The van der Waals surface area contributed by atoms with Gasteiger partial charge in [0, 0.05) is 0 Å². The largest absolute Gasteiger partial charge is 0.394 e. The normalized spacial score (nSPS) is 44.0. The molecule has 272 valence electrons. The lowest BCUT2D eigenvalue weighted by Crippen LogP contribution is -2.64. The summed E-state index contributed by atoms with van der Waals surface area (Å²) in [5, 5.41) is 153. The van der Waals surface area contributed by atoms with E-state index < -0.39 is 143 Å². The molecule has 0 amide bonds. The maximum Gasteiger partial charge on any atom is 0.224 e. The van der Waals surface area contributed by atoms with Crippen molar-refractivity contribution in [2.75, 3.05) is 33.0 Å². The lowest BCUT2D eigenvalue weighted by molar-refractivity contribution is -0.400. The van der Waals surface area contributed by atoms with Gasteiger partial charge in [-0.2, -0.15) is 0 Å². The molecule has 0 radical (unpaired) electrons. The van der Waals surface area contributed by atoms with Gasteiger partial charge in [-0.1, -0.05) is 0 Å². The first kappa shape index (κ1) is 41.0. The second-order valence-electron chi connectivity index (χ2n) is 10.7. The molecule has 3 saturated heterocycles. The first-order chi connectivity index (χ1) is 21.6. The number of ether oxygens (including phenoxy) is 5. The standard InChI is InChI=1S/C18H32O16.C6H12O6/c19-1-5-8(23)11(26)13(28)16(30-5)32-15-10(25)7(3-21)33-18(15,4-22)34-17-14(29)12(27)9(24)6(2-20)31-17;7-1-3(9)5(11)6(12)4(10)2-8/h5-17,19-29H,1-4H2;1,3-6,8-12H,2H2/t5-,6-,7-,8-,9-,10-,11+,12+,13-,14-,15+,16-,17-,18+;3-,4-,5-,6-/m11/s1. The van der Waals surface area contributed by atoms with Crippen molar-refractivity contribution in [3.8, 4) is 0 Å². The van der Waals surface area contributed by atoms with Gasteiger partial charge in [-0.3, -0.25) is 0 Å². The molecule has 3 rings (SSSR count). The van der Waals surface area contributed by atoms with Crippen LogP contribution in [0.1, 0.15) is 0 Å². The number of carbonyl (C=O) groups is 1. The van der Waals surface area contributed by atoms with Gasteiger partial charge in [-0.05, 0) is 0 Å². The van der Waals surface area contributed by atoms with Crippen LogP contribution in [0.5, 0.6) is 0 Å². The van der Waals surface area contributed by atoms with Crippen LogP contribution in [0.15, 0.2) is 0 Å². The van der Waals surface area contributed by atoms with Gasteiger partial charge in [0.25, 0.3) is 0 Å². The van der Waals surface area contributed by atoms with Crippen LogP contribution in [-0.2, 0) is 28.5 Å². The number of rotatable bonds is 13. The Labute approximate surface area is 260 Å². The maximum atomic E-state index is 10.6. The number of carbonyl (C=O) groups excluding carboxylic acids is 1. The highest BCUT2D eigenvalue weighted by molar-refractivity contribution is 5.56. The van der Waals surface area contributed by atoms with E-state index in [4.69, 9.17) is 49.2 Å². The Bertz CT molecular complexity index is 898. The Kier molecular flexibility index (Phi) is 16.0. The quantitative estimate of drug-likeness (QED) is 0.0800. The lowest BCUT2D eigenvalue weighted by atomic mass is 9.98. The molecular weight excluding hydrogens is 640 g/mol. The van der Waals surface area contributed by atoms with Gasteiger partial charge in [0.05, 0.1) is 26.4 Å². The molecule has 18 atom stereocenters. The van der Waals surface area contributed by atoms with E-state index in [-0.39, 0.29) is 6.29 Å². The summed E-state index contributed by atoms with van der Waals surface area (Å²) < 4.78 is 27.0. The fourth-order valence-corrected chi connectivity index (χ4v) is 4.74. The third-order valence-corrected chi connectivity index (χ3v) is 7.59. The van der Waals surface area contributed by atoms with Gasteiger partial charge in [-0.25, -0.2) is 0 Å². The molecule has 3 fully saturated rings. The van der Waals surface area contributed by atoms with E-state index in [2.05, 4.69) is 0 Å². The SMILES string of the molecule is O=C[C@@H](O)[C@@H](O)[C@H](O)[C@H](O)CO.OC[C@H]1O[C@@](CO)(O[C@H]2O[C@H](CO)[C@@H](O)[C@H](O)[C@H]2O)[C@@H](O[C@H]2O[C@H](CO)[C@@H](O)[C@H](O)[C@H]2O)[C@@H]1O. The van der Waals surface area contributed by atoms with Gasteiger partial charge < -0.3 is 110 Å². The number of aliphatic hydroxyl groups excluding tert-OH is 16. The molecule has 3 heterocycles. The van der Waals surface area contributed by atoms with Gasteiger partial charge in [0.1, 0.15) is 98.2 Å². The molecule has 16 N–H and O–H groups in total. The predicted molar refractivity (Wildman–Crippen MR) is 138 cm³/mol. The molecule has 0 aliphatic carbocycles. The summed E-state index contributed by atoms with van der Waals surface area (Å²) >= 11 is 0. The van der Waals surface area contributed by atoms with Gasteiger partial charge in [0.15, 0.2) is 18.9 Å². The molecule has 22 heteroatoms. The molecule has 0 aromatic heterocycles. The highest BCUT2D eigenvalue weighted by Gasteiger charge is 2.61. The first-order valence-electron chi connectivity index (χ1n) is 13.9. The average Bonchev–Trinajstić information content (AvgIpc) is 3.33. The third kappa shape index (κ3) is 8.89. The van der Waals surface area contributed by atoms with Crippen molar-refractivity contribution in [3.05, 3.63) is 0 Å². The fraction of sp³-hybridized carbons (Fsp3) is 0.958. The summed E-state index contributed by atoms with van der Waals surface area (Å²) in [7, 11) is 0. The highest BCUT2D eigenvalue weighted by Crippen LogP contribution is 2.39. The van der Waals surface area contributed by atoms with Crippen LogP contribution in [-0.4, -0.2) is 231 Å². The molecule has 22 nitrogen and oxygen atoms in total. The van der Waals surface area contributed by atoms with Crippen molar-refractivity contribution >= 4 is 6.29 Å². The van der Waals surface area contributed by atoms with Crippen LogP contribution >= 0.6 is 0 Å². The topological polar surface area (TPSA) is 387 Å². The Morgan fingerprint density at radius 1 is 0.630 bits per heavy atom. The molecule has 0 unspecified atom stereocenters. The van der Waals surface area contributed by atoms with E-state index >= 15 is 0 Å². The zero-order chi connectivity index (χ0) is 35.1.